The van der Waals surface area contributed by atoms with Gasteiger partial charge in [0.25, 0.3) is 5.91 Å². The van der Waals surface area contributed by atoms with E-state index in [2.05, 4.69) is 34.3 Å². The number of carbonyl (C=O) groups is 1. The number of aromatic amines is 1. The fourth-order valence-electron chi connectivity index (χ4n) is 2.92. The van der Waals surface area contributed by atoms with Crippen LogP contribution in [0.4, 0.5) is 0 Å². The van der Waals surface area contributed by atoms with Crippen LogP contribution in [0.3, 0.4) is 0 Å². The summed E-state index contributed by atoms with van der Waals surface area (Å²) in [5, 5.41) is 10.9. The Bertz CT molecular complexity index is 634. The molecule has 21 heavy (non-hydrogen) atoms. The van der Waals surface area contributed by atoms with E-state index in [1.807, 2.05) is 18.2 Å². The Hall–Kier alpha value is -1.88. The van der Waals surface area contributed by atoms with Crippen molar-refractivity contribution in [2.75, 3.05) is 19.6 Å². The Morgan fingerprint density at radius 3 is 3.14 bits per heavy atom. The number of aromatic nitrogens is 2. The molecule has 1 amide bonds. The van der Waals surface area contributed by atoms with E-state index in [4.69, 9.17) is 0 Å². The van der Waals surface area contributed by atoms with E-state index < -0.39 is 0 Å². The highest BCUT2D eigenvalue weighted by atomic mass is 16.1. The second-order valence-electron chi connectivity index (χ2n) is 6.13. The lowest BCUT2D eigenvalue weighted by atomic mass is 10.1. The van der Waals surface area contributed by atoms with Crippen molar-refractivity contribution in [2.24, 2.45) is 5.92 Å². The summed E-state index contributed by atoms with van der Waals surface area (Å²) in [6, 6.07) is 6.22. The van der Waals surface area contributed by atoms with E-state index in [0.717, 1.165) is 37.0 Å². The van der Waals surface area contributed by atoms with Gasteiger partial charge in [-0.2, -0.15) is 5.10 Å². The fourth-order valence-corrected chi connectivity index (χ4v) is 2.92. The number of rotatable bonds is 4. The second-order valence-corrected chi connectivity index (χ2v) is 6.13. The predicted molar refractivity (Wildman–Crippen MR) is 83.2 cm³/mol. The van der Waals surface area contributed by atoms with Gasteiger partial charge in [0.05, 0.1) is 11.7 Å². The normalized spacial score (nSPS) is 19.5. The van der Waals surface area contributed by atoms with Crippen LogP contribution in [-0.4, -0.2) is 46.7 Å². The number of hydrogen-bond acceptors (Lipinski definition) is 3. The quantitative estimate of drug-likeness (QED) is 0.904. The molecule has 0 bridgehead atoms. The number of benzene rings is 1. The molecule has 1 fully saturated rings. The highest BCUT2D eigenvalue weighted by molar-refractivity contribution is 5.97. The molecule has 0 saturated carbocycles. The molecule has 1 atom stereocenters. The van der Waals surface area contributed by atoms with Gasteiger partial charge in [0.1, 0.15) is 0 Å². The first kappa shape index (κ1) is 14.1. The minimum Gasteiger partial charge on any atom is -0.352 e. The molecule has 1 aliphatic heterocycles. The van der Waals surface area contributed by atoms with Gasteiger partial charge < -0.3 is 10.2 Å². The maximum absolute atomic E-state index is 12.2. The third kappa shape index (κ3) is 3.08. The summed E-state index contributed by atoms with van der Waals surface area (Å²) in [6.45, 7) is 7.42. The van der Waals surface area contributed by atoms with Crippen molar-refractivity contribution >= 4 is 16.8 Å². The molecule has 5 nitrogen and oxygen atoms in total. The zero-order valence-corrected chi connectivity index (χ0v) is 12.6. The van der Waals surface area contributed by atoms with Crippen LogP contribution in [0.15, 0.2) is 24.4 Å². The fraction of sp³-hybridized carbons (Fsp3) is 0.500. The average Bonchev–Trinajstić information content (AvgIpc) is 3.12. The minimum absolute atomic E-state index is 0.00510. The van der Waals surface area contributed by atoms with Crippen molar-refractivity contribution in [2.45, 2.75) is 26.3 Å². The van der Waals surface area contributed by atoms with Crippen LogP contribution in [0.5, 0.6) is 0 Å². The molecule has 1 saturated heterocycles. The number of hydrogen-bond donors (Lipinski definition) is 2. The first-order valence-electron chi connectivity index (χ1n) is 7.59. The summed E-state index contributed by atoms with van der Waals surface area (Å²) in [4.78, 5) is 14.7. The highest BCUT2D eigenvalue weighted by Gasteiger charge is 2.24. The van der Waals surface area contributed by atoms with Gasteiger partial charge >= 0.3 is 0 Å². The maximum atomic E-state index is 12.2. The van der Waals surface area contributed by atoms with E-state index in [0.29, 0.717) is 17.5 Å². The number of likely N-dealkylation sites (tertiary alicyclic amines) is 1. The summed E-state index contributed by atoms with van der Waals surface area (Å²) in [5.74, 6) is 0.557. The summed E-state index contributed by atoms with van der Waals surface area (Å²) >= 11 is 0. The SMILES string of the molecule is CC(C)N1CCC(CNC(=O)c2ccc3cn[nH]c3c2)C1. The van der Waals surface area contributed by atoms with Gasteiger partial charge in [-0.1, -0.05) is 6.07 Å². The van der Waals surface area contributed by atoms with Gasteiger partial charge in [0.2, 0.25) is 0 Å². The molecule has 0 aliphatic carbocycles. The van der Waals surface area contributed by atoms with Crippen LogP contribution < -0.4 is 5.32 Å². The van der Waals surface area contributed by atoms with Crippen LogP contribution in [-0.2, 0) is 0 Å². The van der Waals surface area contributed by atoms with E-state index in [-0.39, 0.29) is 5.91 Å². The molecule has 2 aromatic rings. The van der Waals surface area contributed by atoms with Gasteiger partial charge in [-0.15, -0.1) is 0 Å². The van der Waals surface area contributed by atoms with E-state index >= 15 is 0 Å². The predicted octanol–water partition coefficient (Wildman–Crippen LogP) is 2.02. The number of nitrogens with zero attached hydrogens (tertiary/aromatic N) is 2. The first-order valence-corrected chi connectivity index (χ1v) is 7.59. The lowest BCUT2D eigenvalue weighted by molar-refractivity contribution is 0.0947. The van der Waals surface area contributed by atoms with E-state index in [9.17, 15) is 4.79 Å². The number of amides is 1. The van der Waals surface area contributed by atoms with Gasteiger partial charge in [-0.05, 0) is 44.9 Å². The standard InChI is InChI=1S/C16H22N4O/c1-11(2)20-6-5-12(10-20)8-17-16(21)13-3-4-14-9-18-19-15(14)7-13/h3-4,7,9,11-12H,5-6,8,10H2,1-2H3,(H,17,21)(H,18,19). The Morgan fingerprint density at radius 2 is 2.38 bits per heavy atom. The topological polar surface area (TPSA) is 61.0 Å². The molecule has 1 aliphatic rings. The van der Waals surface area contributed by atoms with Crippen LogP contribution in [0.1, 0.15) is 30.6 Å². The van der Waals surface area contributed by atoms with Crippen LogP contribution >= 0.6 is 0 Å². The van der Waals surface area contributed by atoms with Crippen LogP contribution in [0, 0.1) is 5.92 Å². The Morgan fingerprint density at radius 1 is 1.52 bits per heavy atom. The molecule has 0 spiro atoms. The largest absolute Gasteiger partial charge is 0.352 e. The second kappa shape index (κ2) is 5.85. The van der Waals surface area contributed by atoms with E-state index in [1.54, 1.807) is 6.20 Å². The molecular weight excluding hydrogens is 264 g/mol. The van der Waals surface area contributed by atoms with Gasteiger partial charge in [0, 0.05) is 30.1 Å². The summed E-state index contributed by atoms with van der Waals surface area (Å²) in [7, 11) is 0. The van der Waals surface area contributed by atoms with E-state index in [1.165, 1.54) is 0 Å². The maximum Gasteiger partial charge on any atom is 0.251 e. The van der Waals surface area contributed by atoms with Crippen molar-refractivity contribution in [1.29, 1.82) is 0 Å². The lowest BCUT2D eigenvalue weighted by Crippen LogP contribution is -2.32. The summed E-state index contributed by atoms with van der Waals surface area (Å²) in [6.07, 6.45) is 2.92. The smallest absolute Gasteiger partial charge is 0.251 e. The first-order chi connectivity index (χ1) is 10.1. The minimum atomic E-state index is -0.00510. The average molecular weight is 286 g/mol. The van der Waals surface area contributed by atoms with Gasteiger partial charge in [0.15, 0.2) is 0 Å². The molecule has 2 N–H and O–H groups in total. The number of H-pyrrole nitrogens is 1. The molecule has 5 heteroatoms. The van der Waals surface area contributed by atoms with Crippen molar-refractivity contribution in [3.63, 3.8) is 0 Å². The van der Waals surface area contributed by atoms with Crippen molar-refractivity contribution < 1.29 is 4.79 Å². The zero-order valence-electron chi connectivity index (χ0n) is 12.6. The number of carbonyl (C=O) groups excluding carboxylic acids is 1. The molecule has 2 heterocycles. The number of nitrogens with one attached hydrogen (secondary N) is 2. The monoisotopic (exact) mass is 286 g/mol. The molecule has 112 valence electrons. The number of fused-ring (bicyclic) bond motifs is 1. The molecule has 1 aromatic heterocycles. The van der Waals surface area contributed by atoms with Gasteiger partial charge in [-0.3, -0.25) is 9.89 Å². The van der Waals surface area contributed by atoms with Crippen LogP contribution in [0.25, 0.3) is 10.9 Å². The Balaban J connectivity index is 1.57. The third-order valence-corrected chi connectivity index (χ3v) is 4.30. The summed E-state index contributed by atoms with van der Waals surface area (Å²) in [5.41, 5.74) is 1.58. The zero-order chi connectivity index (χ0) is 14.8. The molecule has 3 rings (SSSR count). The van der Waals surface area contributed by atoms with Crippen molar-refractivity contribution in [1.82, 2.24) is 20.4 Å². The highest BCUT2D eigenvalue weighted by Crippen LogP contribution is 2.18. The Kier molecular flexibility index (Phi) is 3.92. The lowest BCUT2D eigenvalue weighted by Gasteiger charge is -2.20. The molecule has 1 aromatic carbocycles. The van der Waals surface area contributed by atoms with Crippen molar-refractivity contribution in [3.8, 4) is 0 Å². The van der Waals surface area contributed by atoms with Crippen molar-refractivity contribution in [3.05, 3.63) is 30.0 Å². The molecular formula is C16H22N4O. The van der Waals surface area contributed by atoms with Gasteiger partial charge in [-0.25, -0.2) is 0 Å². The Labute approximate surface area is 124 Å². The molecule has 0 radical (unpaired) electrons. The third-order valence-electron chi connectivity index (χ3n) is 4.30. The van der Waals surface area contributed by atoms with Crippen LogP contribution in [0.2, 0.25) is 0 Å². The molecule has 1 unspecified atom stereocenters. The summed E-state index contributed by atoms with van der Waals surface area (Å²) < 4.78 is 0.